The fourth-order valence-electron chi connectivity index (χ4n) is 3.34. The summed E-state index contributed by atoms with van der Waals surface area (Å²) in [6, 6.07) is 15.0. The number of aromatic nitrogens is 4. The van der Waals surface area contributed by atoms with E-state index in [2.05, 4.69) is 20.5 Å². The topological polar surface area (TPSA) is 116 Å². The molecule has 0 unspecified atom stereocenters. The largest absolute Gasteiger partial charge is 0.493 e. The summed E-state index contributed by atoms with van der Waals surface area (Å²) >= 11 is 0. The van der Waals surface area contributed by atoms with Crippen molar-refractivity contribution in [1.82, 2.24) is 19.1 Å². The summed E-state index contributed by atoms with van der Waals surface area (Å²) in [4.78, 5) is 31.4. The van der Waals surface area contributed by atoms with Crippen LogP contribution in [0.4, 0.5) is 5.95 Å². The number of H-pyrrole nitrogens is 1. The van der Waals surface area contributed by atoms with Crippen LogP contribution < -0.4 is 26.1 Å². The van der Waals surface area contributed by atoms with Crippen molar-refractivity contribution in [2.45, 2.75) is 6.54 Å². The smallest absolute Gasteiger partial charge is 0.329 e. The van der Waals surface area contributed by atoms with Crippen molar-refractivity contribution in [3.05, 3.63) is 80.5 Å². The predicted octanol–water partition coefficient (Wildman–Crippen LogP) is 1.93. The van der Waals surface area contributed by atoms with Crippen LogP contribution in [0.15, 0.2) is 63.2 Å². The van der Waals surface area contributed by atoms with E-state index < -0.39 is 11.2 Å². The average molecular weight is 434 g/mol. The average Bonchev–Trinajstić information content (AvgIpc) is 3.16. The first-order valence-electron chi connectivity index (χ1n) is 9.76. The van der Waals surface area contributed by atoms with Gasteiger partial charge in [0.1, 0.15) is 0 Å². The van der Waals surface area contributed by atoms with Crippen LogP contribution in [0.3, 0.4) is 0 Å². The van der Waals surface area contributed by atoms with E-state index in [9.17, 15) is 9.59 Å². The first kappa shape index (κ1) is 20.9. The van der Waals surface area contributed by atoms with Crippen LogP contribution in [0.5, 0.6) is 11.5 Å². The molecule has 2 aromatic carbocycles. The molecule has 2 aromatic heterocycles. The molecule has 0 bridgehead atoms. The van der Waals surface area contributed by atoms with Crippen LogP contribution in [0.1, 0.15) is 11.1 Å². The summed E-state index contributed by atoms with van der Waals surface area (Å²) in [5.74, 6) is 1.52. The summed E-state index contributed by atoms with van der Waals surface area (Å²) < 4.78 is 13.5. The Morgan fingerprint density at radius 3 is 2.56 bits per heavy atom. The SMILES string of the molecule is COc1ccc(C=NNc2nc3c(c(=O)[nH]c(=O)n3C)n2Cc2ccccc2)cc1OC. The lowest BCUT2D eigenvalue weighted by molar-refractivity contribution is 0.355. The van der Waals surface area contributed by atoms with Crippen molar-refractivity contribution in [1.29, 1.82) is 0 Å². The molecule has 0 atom stereocenters. The molecule has 0 aliphatic rings. The van der Waals surface area contributed by atoms with E-state index in [0.717, 1.165) is 11.1 Å². The van der Waals surface area contributed by atoms with Crippen LogP contribution in [0.2, 0.25) is 0 Å². The minimum atomic E-state index is -0.535. The third-order valence-corrected chi connectivity index (χ3v) is 4.98. The zero-order chi connectivity index (χ0) is 22.7. The van der Waals surface area contributed by atoms with Crippen molar-refractivity contribution in [2.75, 3.05) is 19.6 Å². The Balaban J connectivity index is 1.73. The number of ether oxygens (including phenoxy) is 2. The number of nitrogens with zero attached hydrogens (tertiary/aromatic N) is 4. The van der Waals surface area contributed by atoms with Crippen molar-refractivity contribution < 1.29 is 9.47 Å². The number of imidazole rings is 1. The highest BCUT2D eigenvalue weighted by Crippen LogP contribution is 2.27. The van der Waals surface area contributed by atoms with E-state index in [0.29, 0.717) is 24.0 Å². The molecule has 0 saturated carbocycles. The lowest BCUT2D eigenvalue weighted by Gasteiger charge is -2.09. The Kier molecular flexibility index (Phi) is 5.75. The van der Waals surface area contributed by atoms with Crippen LogP contribution >= 0.6 is 0 Å². The van der Waals surface area contributed by atoms with Crippen LogP contribution in [-0.4, -0.2) is 39.5 Å². The lowest BCUT2D eigenvalue weighted by Crippen LogP contribution is -2.29. The van der Waals surface area contributed by atoms with Crippen molar-refractivity contribution in [3.63, 3.8) is 0 Å². The zero-order valence-corrected chi connectivity index (χ0v) is 17.8. The number of anilines is 1. The van der Waals surface area contributed by atoms with Gasteiger partial charge in [0.25, 0.3) is 5.56 Å². The zero-order valence-electron chi connectivity index (χ0n) is 17.8. The Hall–Kier alpha value is -4.34. The van der Waals surface area contributed by atoms with Gasteiger partial charge in [-0.3, -0.25) is 18.9 Å². The third-order valence-electron chi connectivity index (χ3n) is 4.98. The van der Waals surface area contributed by atoms with Crippen molar-refractivity contribution >= 4 is 23.3 Å². The second-order valence-electron chi connectivity index (χ2n) is 6.98. The van der Waals surface area contributed by atoms with Gasteiger partial charge in [-0.25, -0.2) is 10.2 Å². The van der Waals surface area contributed by atoms with Gasteiger partial charge in [-0.15, -0.1) is 0 Å². The molecule has 10 heteroatoms. The van der Waals surface area contributed by atoms with Crippen molar-refractivity contribution in [3.8, 4) is 11.5 Å². The first-order valence-corrected chi connectivity index (χ1v) is 9.76. The fourth-order valence-corrected chi connectivity index (χ4v) is 3.34. The summed E-state index contributed by atoms with van der Waals surface area (Å²) in [7, 11) is 4.68. The minimum Gasteiger partial charge on any atom is -0.493 e. The molecule has 4 aromatic rings. The molecule has 0 amide bonds. The molecule has 0 spiro atoms. The number of hydrogen-bond donors (Lipinski definition) is 2. The molecule has 0 fully saturated rings. The number of fused-ring (bicyclic) bond motifs is 1. The summed E-state index contributed by atoms with van der Waals surface area (Å²) in [5, 5.41) is 4.27. The van der Waals surface area contributed by atoms with Gasteiger partial charge in [0.2, 0.25) is 5.95 Å². The number of hydrazone groups is 1. The van der Waals surface area contributed by atoms with E-state index in [-0.39, 0.29) is 11.2 Å². The maximum absolute atomic E-state index is 12.6. The highest BCUT2D eigenvalue weighted by Gasteiger charge is 2.17. The van der Waals surface area contributed by atoms with Gasteiger partial charge in [0.05, 0.1) is 27.0 Å². The second-order valence-corrected chi connectivity index (χ2v) is 6.98. The van der Waals surface area contributed by atoms with Gasteiger partial charge >= 0.3 is 5.69 Å². The standard InChI is InChI=1S/C22H22N6O4/c1-27-19-18(20(29)25-22(27)30)28(13-14-7-5-4-6-8-14)21(24-19)26-23-12-15-9-10-16(31-2)17(11-15)32-3/h4-12H,13H2,1-3H3,(H,24,26)(H,25,29,30). The van der Waals surface area contributed by atoms with E-state index in [1.807, 2.05) is 36.4 Å². The number of methoxy groups -OCH3 is 2. The Bertz CT molecular complexity index is 1400. The van der Waals surface area contributed by atoms with E-state index in [1.165, 1.54) is 4.57 Å². The molecule has 10 nitrogen and oxygen atoms in total. The number of benzene rings is 2. The molecule has 32 heavy (non-hydrogen) atoms. The predicted molar refractivity (Wildman–Crippen MR) is 122 cm³/mol. The number of aryl methyl sites for hydroxylation is 1. The Morgan fingerprint density at radius 1 is 1.09 bits per heavy atom. The summed E-state index contributed by atoms with van der Waals surface area (Å²) in [6.07, 6.45) is 1.59. The monoisotopic (exact) mass is 434 g/mol. The lowest BCUT2D eigenvalue weighted by atomic mass is 10.2. The van der Waals surface area contributed by atoms with E-state index in [4.69, 9.17) is 9.47 Å². The Morgan fingerprint density at radius 2 is 1.84 bits per heavy atom. The number of nitrogens with one attached hydrogen (secondary N) is 2. The van der Waals surface area contributed by atoms with Crippen LogP contribution in [0, 0.1) is 0 Å². The highest BCUT2D eigenvalue weighted by molar-refractivity contribution is 5.82. The highest BCUT2D eigenvalue weighted by atomic mass is 16.5. The van der Waals surface area contributed by atoms with Gasteiger partial charge in [0, 0.05) is 7.05 Å². The van der Waals surface area contributed by atoms with Gasteiger partial charge in [-0.05, 0) is 29.3 Å². The summed E-state index contributed by atoms with van der Waals surface area (Å²) in [5.41, 5.74) is 4.12. The third kappa shape index (κ3) is 3.97. The molecule has 2 N–H and O–H groups in total. The van der Waals surface area contributed by atoms with E-state index >= 15 is 0 Å². The number of rotatable bonds is 7. The molecule has 0 radical (unpaired) electrons. The molecule has 0 aliphatic heterocycles. The molecule has 4 rings (SSSR count). The minimum absolute atomic E-state index is 0.262. The molecular formula is C22H22N6O4. The quantitative estimate of drug-likeness (QED) is 0.339. The normalized spacial score (nSPS) is 11.2. The maximum Gasteiger partial charge on any atom is 0.329 e. The van der Waals surface area contributed by atoms with Crippen LogP contribution in [0.25, 0.3) is 11.2 Å². The molecule has 2 heterocycles. The van der Waals surface area contributed by atoms with Gasteiger partial charge in [-0.1, -0.05) is 30.3 Å². The molecular weight excluding hydrogens is 412 g/mol. The second kappa shape index (κ2) is 8.80. The molecule has 0 saturated heterocycles. The van der Waals surface area contributed by atoms with E-state index in [1.54, 1.807) is 44.2 Å². The number of aromatic amines is 1. The maximum atomic E-state index is 12.6. The number of hydrogen-bond acceptors (Lipinski definition) is 7. The van der Waals surface area contributed by atoms with Gasteiger partial charge < -0.3 is 9.47 Å². The van der Waals surface area contributed by atoms with Gasteiger partial charge in [-0.2, -0.15) is 10.1 Å². The van der Waals surface area contributed by atoms with Crippen molar-refractivity contribution in [2.24, 2.45) is 12.1 Å². The summed E-state index contributed by atoms with van der Waals surface area (Å²) in [6.45, 7) is 0.368. The molecule has 164 valence electrons. The van der Waals surface area contributed by atoms with Gasteiger partial charge in [0.15, 0.2) is 22.7 Å². The van der Waals surface area contributed by atoms with Crippen LogP contribution in [-0.2, 0) is 13.6 Å². The molecule has 0 aliphatic carbocycles. The fraction of sp³-hybridized carbons (Fsp3) is 0.182. The Labute approximate surface area is 182 Å². The first-order chi connectivity index (χ1) is 15.5.